The predicted molar refractivity (Wildman–Crippen MR) is 111 cm³/mol. The van der Waals surface area contributed by atoms with Crippen LogP contribution in [0.15, 0.2) is 30.3 Å². The van der Waals surface area contributed by atoms with E-state index in [1.54, 1.807) is 6.92 Å². The summed E-state index contributed by atoms with van der Waals surface area (Å²) in [6.07, 6.45) is 1.87. The van der Waals surface area contributed by atoms with Gasteiger partial charge in [0.2, 0.25) is 11.8 Å². The highest BCUT2D eigenvalue weighted by Crippen LogP contribution is 2.19. The molecule has 2 rings (SSSR count). The van der Waals surface area contributed by atoms with E-state index in [4.69, 9.17) is 4.74 Å². The van der Waals surface area contributed by atoms with Crippen molar-refractivity contribution in [3.63, 3.8) is 0 Å². The zero-order chi connectivity index (χ0) is 22.1. The number of nitrogens with one attached hydrogen (secondary N) is 2. The summed E-state index contributed by atoms with van der Waals surface area (Å²) in [5, 5.41) is 5.29. The summed E-state index contributed by atoms with van der Waals surface area (Å²) in [6.45, 7) is 6.02. The number of carbonyl (C=O) groups is 4. The molecule has 1 aliphatic heterocycles. The first-order chi connectivity index (χ1) is 14.3. The van der Waals surface area contributed by atoms with Crippen LogP contribution in [-0.4, -0.2) is 53.8 Å². The van der Waals surface area contributed by atoms with Crippen molar-refractivity contribution in [1.82, 2.24) is 15.5 Å². The molecule has 3 atom stereocenters. The second-order valence-electron chi connectivity index (χ2n) is 8.00. The molecule has 3 amide bonds. The highest BCUT2D eigenvalue weighted by molar-refractivity contribution is 5.92. The molecule has 1 heterocycles. The van der Waals surface area contributed by atoms with E-state index >= 15 is 0 Å². The molecule has 8 nitrogen and oxygen atoms in total. The molecule has 0 unspecified atom stereocenters. The molecule has 0 radical (unpaired) electrons. The molecule has 0 aliphatic carbocycles. The zero-order valence-corrected chi connectivity index (χ0v) is 17.8. The van der Waals surface area contributed by atoms with Crippen LogP contribution >= 0.6 is 0 Å². The number of aldehydes is 1. The van der Waals surface area contributed by atoms with Gasteiger partial charge in [-0.15, -0.1) is 0 Å². The smallest absolute Gasteiger partial charge is 0.410 e. The van der Waals surface area contributed by atoms with Gasteiger partial charge >= 0.3 is 6.09 Å². The van der Waals surface area contributed by atoms with E-state index < -0.39 is 36.0 Å². The number of rotatable bonds is 9. The molecule has 1 aliphatic rings. The van der Waals surface area contributed by atoms with Gasteiger partial charge in [0.25, 0.3) is 0 Å². The van der Waals surface area contributed by atoms with Crippen LogP contribution in [0.5, 0.6) is 0 Å². The lowest BCUT2D eigenvalue weighted by Crippen LogP contribution is -2.53. The Morgan fingerprint density at radius 1 is 1.17 bits per heavy atom. The Labute approximate surface area is 177 Å². The SMILES string of the molecule is CC(C)C[C@@H](C=O)NC(=O)[C@H](C)NC(=O)[C@@H]1CCCN1C(=O)OCc1ccccc1. The van der Waals surface area contributed by atoms with E-state index in [-0.39, 0.29) is 12.5 Å². The fourth-order valence-electron chi connectivity index (χ4n) is 3.40. The predicted octanol–water partition coefficient (Wildman–Crippen LogP) is 2.02. The summed E-state index contributed by atoms with van der Waals surface area (Å²) in [6, 6.07) is 7.21. The first-order valence-electron chi connectivity index (χ1n) is 10.3. The number of ether oxygens (including phenoxy) is 1. The van der Waals surface area contributed by atoms with E-state index in [0.29, 0.717) is 32.1 Å². The Kier molecular flexibility index (Phi) is 8.83. The molecule has 2 N–H and O–H groups in total. The van der Waals surface area contributed by atoms with Gasteiger partial charge in [-0.25, -0.2) is 4.79 Å². The number of hydrogen-bond acceptors (Lipinski definition) is 5. The fraction of sp³-hybridized carbons (Fsp3) is 0.545. The van der Waals surface area contributed by atoms with Crippen molar-refractivity contribution >= 4 is 24.2 Å². The van der Waals surface area contributed by atoms with Crippen molar-refractivity contribution in [1.29, 1.82) is 0 Å². The van der Waals surface area contributed by atoms with Crippen LogP contribution in [0.3, 0.4) is 0 Å². The second kappa shape index (κ2) is 11.3. The molecule has 1 aromatic carbocycles. The fourth-order valence-corrected chi connectivity index (χ4v) is 3.40. The molecule has 8 heteroatoms. The second-order valence-corrected chi connectivity index (χ2v) is 8.00. The molecule has 0 bridgehead atoms. The summed E-state index contributed by atoms with van der Waals surface area (Å²) >= 11 is 0. The van der Waals surface area contributed by atoms with E-state index in [1.165, 1.54) is 4.90 Å². The van der Waals surface area contributed by atoms with Gasteiger partial charge in [-0.3, -0.25) is 14.5 Å². The first-order valence-corrected chi connectivity index (χ1v) is 10.3. The Hall–Kier alpha value is -2.90. The molecule has 0 aromatic heterocycles. The molecule has 1 saturated heterocycles. The lowest BCUT2D eigenvalue weighted by molar-refractivity contribution is -0.131. The van der Waals surface area contributed by atoms with Gasteiger partial charge in [-0.2, -0.15) is 0 Å². The van der Waals surface area contributed by atoms with Crippen molar-refractivity contribution in [2.24, 2.45) is 5.92 Å². The third-order valence-electron chi connectivity index (χ3n) is 4.96. The van der Waals surface area contributed by atoms with Gasteiger partial charge in [0.05, 0.1) is 6.04 Å². The first kappa shape index (κ1) is 23.4. The van der Waals surface area contributed by atoms with Crippen LogP contribution in [0, 0.1) is 5.92 Å². The molecule has 0 saturated carbocycles. The molecule has 164 valence electrons. The third-order valence-corrected chi connectivity index (χ3v) is 4.96. The highest BCUT2D eigenvalue weighted by Gasteiger charge is 2.36. The summed E-state index contributed by atoms with van der Waals surface area (Å²) in [5.74, 6) is -0.588. The summed E-state index contributed by atoms with van der Waals surface area (Å²) < 4.78 is 5.34. The molecular formula is C22H31N3O5. The standard InChI is InChI=1S/C22H31N3O5/c1-15(2)12-18(13-26)24-20(27)16(3)23-21(28)19-10-7-11-25(19)22(29)30-14-17-8-5-4-6-9-17/h4-6,8-9,13,15-16,18-19H,7,10-12,14H2,1-3H3,(H,23,28)(H,24,27)/t16-,18-,19-/m0/s1. The maximum Gasteiger partial charge on any atom is 0.410 e. The molecule has 0 spiro atoms. The normalized spacial score (nSPS) is 17.9. The lowest BCUT2D eigenvalue weighted by atomic mass is 10.0. The van der Waals surface area contributed by atoms with E-state index in [0.717, 1.165) is 5.56 Å². The number of hydrogen-bond donors (Lipinski definition) is 2. The number of benzene rings is 1. The Bertz CT molecular complexity index is 738. The highest BCUT2D eigenvalue weighted by atomic mass is 16.6. The third kappa shape index (κ3) is 6.86. The van der Waals surface area contributed by atoms with Gasteiger partial charge < -0.3 is 20.2 Å². The number of nitrogens with zero attached hydrogens (tertiary/aromatic N) is 1. The number of carbonyl (C=O) groups excluding carboxylic acids is 4. The molecule has 1 aromatic rings. The van der Waals surface area contributed by atoms with Crippen LogP contribution in [0.1, 0.15) is 45.6 Å². The average Bonchev–Trinajstić information content (AvgIpc) is 3.22. The summed E-state index contributed by atoms with van der Waals surface area (Å²) in [5.41, 5.74) is 0.863. The van der Waals surface area contributed by atoms with Crippen LogP contribution in [0.25, 0.3) is 0 Å². The monoisotopic (exact) mass is 417 g/mol. The number of amides is 3. The quantitative estimate of drug-likeness (QED) is 0.598. The van der Waals surface area contributed by atoms with Gasteiger partial charge in [0.15, 0.2) is 0 Å². The van der Waals surface area contributed by atoms with E-state index in [2.05, 4.69) is 10.6 Å². The van der Waals surface area contributed by atoms with Crippen molar-refractivity contribution in [2.75, 3.05) is 6.54 Å². The largest absolute Gasteiger partial charge is 0.445 e. The summed E-state index contributed by atoms with van der Waals surface area (Å²) in [7, 11) is 0. The molecule has 1 fully saturated rings. The van der Waals surface area contributed by atoms with Gasteiger partial charge in [-0.05, 0) is 37.7 Å². The van der Waals surface area contributed by atoms with Crippen LogP contribution in [0.4, 0.5) is 4.79 Å². The van der Waals surface area contributed by atoms with Crippen LogP contribution in [0.2, 0.25) is 0 Å². The molecule has 30 heavy (non-hydrogen) atoms. The van der Waals surface area contributed by atoms with E-state index in [9.17, 15) is 19.2 Å². The van der Waals surface area contributed by atoms with Gasteiger partial charge in [0, 0.05) is 6.54 Å². The Morgan fingerprint density at radius 2 is 1.87 bits per heavy atom. The molecular weight excluding hydrogens is 386 g/mol. The minimum Gasteiger partial charge on any atom is -0.445 e. The zero-order valence-electron chi connectivity index (χ0n) is 17.8. The Morgan fingerprint density at radius 3 is 2.50 bits per heavy atom. The number of likely N-dealkylation sites (tertiary alicyclic amines) is 1. The minimum atomic E-state index is -0.824. The van der Waals surface area contributed by atoms with Crippen molar-refractivity contribution in [2.45, 2.75) is 64.8 Å². The van der Waals surface area contributed by atoms with Gasteiger partial charge in [-0.1, -0.05) is 44.2 Å². The topological polar surface area (TPSA) is 105 Å². The van der Waals surface area contributed by atoms with Gasteiger partial charge in [0.1, 0.15) is 25.0 Å². The van der Waals surface area contributed by atoms with Crippen molar-refractivity contribution in [3.05, 3.63) is 35.9 Å². The minimum absolute atomic E-state index is 0.131. The average molecular weight is 418 g/mol. The van der Waals surface area contributed by atoms with Crippen molar-refractivity contribution < 1.29 is 23.9 Å². The van der Waals surface area contributed by atoms with E-state index in [1.807, 2.05) is 44.2 Å². The van der Waals surface area contributed by atoms with Crippen LogP contribution < -0.4 is 10.6 Å². The summed E-state index contributed by atoms with van der Waals surface area (Å²) in [4.78, 5) is 50.0. The lowest BCUT2D eigenvalue weighted by Gasteiger charge is -2.25. The maximum absolute atomic E-state index is 12.7. The van der Waals surface area contributed by atoms with Crippen LogP contribution in [-0.2, 0) is 25.7 Å². The Balaban J connectivity index is 1.87. The maximum atomic E-state index is 12.7. The van der Waals surface area contributed by atoms with Crippen molar-refractivity contribution in [3.8, 4) is 0 Å².